The number of aromatic nitrogens is 1. The maximum atomic E-state index is 10.2. The van der Waals surface area contributed by atoms with Gasteiger partial charge in [-0.15, -0.1) is 0 Å². The molecular formula is C10H12NO2. The Bertz CT molecular complexity index is 259. The molecule has 0 aromatic carbocycles. The molecule has 1 N–H and O–H groups in total. The van der Waals surface area contributed by atoms with Gasteiger partial charge >= 0.3 is 5.97 Å². The highest BCUT2D eigenvalue weighted by Crippen LogP contribution is 2.05. The van der Waals surface area contributed by atoms with Crippen molar-refractivity contribution in [2.45, 2.75) is 19.3 Å². The number of carbonyl (C=O) groups is 1. The molecule has 3 heteroatoms. The van der Waals surface area contributed by atoms with Crippen molar-refractivity contribution in [3.8, 4) is 0 Å². The highest BCUT2D eigenvalue weighted by Gasteiger charge is 1.97. The number of unbranched alkanes of at least 4 members (excludes halogenated alkanes) is 1. The molecule has 1 aromatic rings. The van der Waals surface area contributed by atoms with Crippen LogP contribution in [-0.4, -0.2) is 16.1 Å². The molecule has 0 amide bonds. The van der Waals surface area contributed by atoms with Gasteiger partial charge < -0.3 is 5.11 Å². The zero-order valence-corrected chi connectivity index (χ0v) is 7.31. The van der Waals surface area contributed by atoms with Crippen molar-refractivity contribution in [3.05, 3.63) is 36.5 Å². The summed E-state index contributed by atoms with van der Waals surface area (Å²) in [5, 5.41) is 8.38. The Morgan fingerprint density at radius 1 is 1.54 bits per heavy atom. The second kappa shape index (κ2) is 5.30. The third kappa shape index (κ3) is 4.25. The molecule has 1 radical (unpaired) electrons. The Labute approximate surface area is 77.4 Å². The van der Waals surface area contributed by atoms with Gasteiger partial charge in [0.05, 0.1) is 0 Å². The average Bonchev–Trinajstić information content (AvgIpc) is 2.14. The van der Waals surface area contributed by atoms with Crippen LogP contribution >= 0.6 is 0 Å². The van der Waals surface area contributed by atoms with Crippen LogP contribution in [0.4, 0.5) is 0 Å². The number of carboxylic acid groups (broad SMARTS) is 1. The molecule has 0 aliphatic heterocycles. The van der Waals surface area contributed by atoms with E-state index >= 15 is 0 Å². The van der Waals surface area contributed by atoms with E-state index in [4.69, 9.17) is 5.11 Å². The van der Waals surface area contributed by atoms with E-state index < -0.39 is 5.97 Å². The van der Waals surface area contributed by atoms with E-state index in [1.54, 1.807) is 6.20 Å². The molecule has 0 aliphatic carbocycles. The standard InChI is InChI=1S/C10H12NO2/c12-10(13)7-2-1-5-9-6-3-4-8-11-9/h3-6,8H,1-2,7H2,(H,12,13). The van der Waals surface area contributed by atoms with Crippen molar-refractivity contribution in [2.75, 3.05) is 0 Å². The molecule has 0 saturated heterocycles. The Kier molecular flexibility index (Phi) is 3.96. The van der Waals surface area contributed by atoms with Crippen LogP contribution in [0.15, 0.2) is 24.4 Å². The molecule has 69 valence electrons. The Balaban J connectivity index is 2.17. The summed E-state index contributed by atoms with van der Waals surface area (Å²) in [5.41, 5.74) is 0.910. The summed E-state index contributed by atoms with van der Waals surface area (Å²) < 4.78 is 0. The van der Waals surface area contributed by atoms with E-state index in [-0.39, 0.29) is 6.42 Å². The smallest absolute Gasteiger partial charge is 0.303 e. The third-order valence-corrected chi connectivity index (χ3v) is 1.64. The van der Waals surface area contributed by atoms with Crippen molar-refractivity contribution in [1.29, 1.82) is 0 Å². The minimum atomic E-state index is -0.741. The summed E-state index contributed by atoms with van der Waals surface area (Å²) in [7, 11) is 0. The van der Waals surface area contributed by atoms with Crippen molar-refractivity contribution in [3.63, 3.8) is 0 Å². The molecule has 13 heavy (non-hydrogen) atoms. The predicted octanol–water partition coefficient (Wildman–Crippen LogP) is 1.89. The lowest BCUT2D eigenvalue weighted by Crippen LogP contribution is -1.94. The minimum Gasteiger partial charge on any atom is -0.481 e. The lowest BCUT2D eigenvalue weighted by atomic mass is 10.1. The molecule has 0 spiro atoms. The molecule has 3 nitrogen and oxygen atoms in total. The molecule has 1 aromatic heterocycles. The summed E-state index contributed by atoms with van der Waals surface area (Å²) in [6.45, 7) is 0. The first-order chi connectivity index (χ1) is 6.29. The van der Waals surface area contributed by atoms with Gasteiger partial charge in [0.25, 0.3) is 0 Å². The van der Waals surface area contributed by atoms with E-state index in [1.165, 1.54) is 0 Å². The number of pyridine rings is 1. The largest absolute Gasteiger partial charge is 0.481 e. The fraction of sp³-hybridized carbons (Fsp3) is 0.300. The molecule has 0 aliphatic rings. The lowest BCUT2D eigenvalue weighted by molar-refractivity contribution is -0.137. The quantitative estimate of drug-likeness (QED) is 0.700. The highest BCUT2D eigenvalue weighted by molar-refractivity contribution is 5.66. The van der Waals surface area contributed by atoms with E-state index in [0.717, 1.165) is 12.1 Å². The first kappa shape index (κ1) is 9.71. The van der Waals surface area contributed by atoms with Crippen LogP contribution < -0.4 is 0 Å². The van der Waals surface area contributed by atoms with Crippen LogP contribution in [-0.2, 0) is 4.79 Å². The van der Waals surface area contributed by atoms with Gasteiger partial charge in [-0.1, -0.05) is 6.07 Å². The minimum absolute atomic E-state index is 0.226. The molecule has 1 heterocycles. The zero-order chi connectivity index (χ0) is 9.52. The molecule has 0 atom stereocenters. The number of aliphatic carboxylic acids is 1. The summed E-state index contributed by atoms with van der Waals surface area (Å²) in [5.74, 6) is -0.741. The van der Waals surface area contributed by atoms with Crippen molar-refractivity contribution in [2.24, 2.45) is 0 Å². The maximum absolute atomic E-state index is 10.2. The van der Waals surface area contributed by atoms with E-state index in [1.807, 2.05) is 24.6 Å². The molecule has 0 bridgehead atoms. The fourth-order valence-corrected chi connectivity index (χ4v) is 1.000. The van der Waals surface area contributed by atoms with Crippen LogP contribution in [0.1, 0.15) is 25.0 Å². The van der Waals surface area contributed by atoms with Crippen LogP contribution in [0, 0.1) is 6.42 Å². The topological polar surface area (TPSA) is 50.2 Å². The summed E-state index contributed by atoms with van der Waals surface area (Å²) in [4.78, 5) is 14.3. The number of hydrogen-bond acceptors (Lipinski definition) is 2. The normalized spacial score (nSPS) is 9.85. The van der Waals surface area contributed by atoms with Crippen molar-refractivity contribution in [1.82, 2.24) is 4.98 Å². The molecule has 0 saturated carbocycles. The van der Waals surface area contributed by atoms with Crippen molar-refractivity contribution >= 4 is 5.97 Å². The summed E-state index contributed by atoms with van der Waals surface area (Å²) in [6.07, 6.45) is 5.34. The first-order valence-corrected chi connectivity index (χ1v) is 4.25. The van der Waals surface area contributed by atoms with E-state index in [2.05, 4.69) is 4.98 Å². The van der Waals surface area contributed by atoms with Gasteiger partial charge in [0, 0.05) is 24.7 Å². The van der Waals surface area contributed by atoms with E-state index in [0.29, 0.717) is 6.42 Å². The first-order valence-electron chi connectivity index (χ1n) is 4.25. The van der Waals surface area contributed by atoms with Gasteiger partial charge in [-0.05, 0) is 25.0 Å². The second-order valence-corrected chi connectivity index (χ2v) is 2.74. The lowest BCUT2D eigenvalue weighted by Gasteiger charge is -1.97. The predicted molar refractivity (Wildman–Crippen MR) is 49.1 cm³/mol. The maximum Gasteiger partial charge on any atom is 0.303 e. The number of carboxylic acids is 1. The molecule has 0 fully saturated rings. The number of hydrogen-bond donors (Lipinski definition) is 1. The van der Waals surface area contributed by atoms with Crippen molar-refractivity contribution < 1.29 is 9.90 Å². The van der Waals surface area contributed by atoms with Gasteiger partial charge in [-0.25, -0.2) is 0 Å². The number of rotatable bonds is 5. The van der Waals surface area contributed by atoms with Gasteiger partial charge in [-0.2, -0.15) is 0 Å². The SMILES string of the molecule is O=C(O)CCC[CH]c1ccccn1. The zero-order valence-electron chi connectivity index (χ0n) is 7.31. The molecular weight excluding hydrogens is 166 g/mol. The Morgan fingerprint density at radius 2 is 2.38 bits per heavy atom. The van der Waals surface area contributed by atoms with Gasteiger partial charge in [-0.3, -0.25) is 9.78 Å². The van der Waals surface area contributed by atoms with Crippen LogP contribution in [0.25, 0.3) is 0 Å². The van der Waals surface area contributed by atoms with E-state index in [9.17, 15) is 4.79 Å². The van der Waals surface area contributed by atoms with Crippen LogP contribution in [0.2, 0.25) is 0 Å². The number of nitrogens with zero attached hydrogens (tertiary/aromatic N) is 1. The summed E-state index contributed by atoms with van der Waals surface area (Å²) >= 11 is 0. The van der Waals surface area contributed by atoms with Crippen LogP contribution in [0.5, 0.6) is 0 Å². The monoisotopic (exact) mass is 178 g/mol. The molecule has 1 rings (SSSR count). The Hall–Kier alpha value is -1.38. The van der Waals surface area contributed by atoms with Gasteiger partial charge in [0.2, 0.25) is 0 Å². The van der Waals surface area contributed by atoms with Gasteiger partial charge in [0.15, 0.2) is 0 Å². The molecule has 0 unspecified atom stereocenters. The third-order valence-electron chi connectivity index (χ3n) is 1.64. The Morgan fingerprint density at radius 3 is 3.00 bits per heavy atom. The average molecular weight is 178 g/mol. The summed E-state index contributed by atoms with van der Waals surface area (Å²) in [6, 6.07) is 5.67. The fourth-order valence-electron chi connectivity index (χ4n) is 1.000. The second-order valence-electron chi connectivity index (χ2n) is 2.74. The van der Waals surface area contributed by atoms with Gasteiger partial charge in [0.1, 0.15) is 0 Å². The highest BCUT2D eigenvalue weighted by atomic mass is 16.4. The van der Waals surface area contributed by atoms with Crippen LogP contribution in [0.3, 0.4) is 0 Å².